The first-order valence-electron chi connectivity index (χ1n) is 7.95. The van der Waals surface area contributed by atoms with E-state index in [0.29, 0.717) is 30.4 Å². The van der Waals surface area contributed by atoms with E-state index in [1.807, 2.05) is 0 Å². The summed E-state index contributed by atoms with van der Waals surface area (Å²) >= 11 is 0. The predicted molar refractivity (Wildman–Crippen MR) is 87.3 cm³/mol. The maximum Gasteiger partial charge on any atom is 0.417 e. The molecule has 3 rings (SSSR count). The summed E-state index contributed by atoms with van der Waals surface area (Å²) in [4.78, 5) is 28.9. The molecule has 0 radical (unpaired) electrons. The number of alkyl halides is 3. The average molecular weight is 380 g/mol. The molecular formula is C18H15F3N2O4. The van der Waals surface area contributed by atoms with E-state index in [4.69, 9.17) is 4.74 Å². The molecule has 1 amide bonds. The molecule has 1 aliphatic heterocycles. The molecule has 2 heterocycles. The lowest BCUT2D eigenvalue weighted by Gasteiger charge is -2.38. The van der Waals surface area contributed by atoms with E-state index in [1.165, 1.54) is 36.3 Å². The molecule has 142 valence electrons. The number of halogens is 3. The third kappa shape index (κ3) is 4.18. The number of ether oxygens (including phenoxy) is 2. The van der Waals surface area contributed by atoms with Crippen LogP contribution in [0.5, 0.6) is 5.88 Å². The van der Waals surface area contributed by atoms with E-state index in [1.54, 1.807) is 0 Å². The molecule has 2 aromatic rings. The number of hydrogen-bond acceptors (Lipinski definition) is 5. The SMILES string of the molecule is COC(=O)c1ccc(C(=O)N2CC(Oc3ccc(C(F)(F)F)cn3)C2)cc1. The van der Waals surface area contributed by atoms with Gasteiger partial charge >= 0.3 is 12.1 Å². The fraction of sp³-hybridized carbons (Fsp3) is 0.278. The second-order valence-electron chi connectivity index (χ2n) is 5.90. The van der Waals surface area contributed by atoms with Gasteiger partial charge in [0.1, 0.15) is 6.10 Å². The first kappa shape index (κ1) is 18.7. The molecule has 27 heavy (non-hydrogen) atoms. The van der Waals surface area contributed by atoms with E-state index >= 15 is 0 Å². The van der Waals surface area contributed by atoms with Crippen LogP contribution in [0, 0.1) is 0 Å². The summed E-state index contributed by atoms with van der Waals surface area (Å²) < 4.78 is 47.6. The Balaban J connectivity index is 1.53. The summed E-state index contributed by atoms with van der Waals surface area (Å²) in [5, 5.41) is 0. The van der Waals surface area contributed by atoms with Crippen LogP contribution in [-0.4, -0.2) is 48.1 Å². The summed E-state index contributed by atoms with van der Waals surface area (Å²) in [6.45, 7) is 0.584. The molecule has 0 N–H and O–H groups in total. The van der Waals surface area contributed by atoms with Gasteiger partial charge in [0.05, 0.1) is 31.3 Å². The second kappa shape index (κ2) is 7.26. The van der Waals surface area contributed by atoms with E-state index in [2.05, 4.69) is 9.72 Å². The van der Waals surface area contributed by atoms with Crippen LogP contribution in [0.3, 0.4) is 0 Å². The third-order valence-electron chi connectivity index (χ3n) is 4.04. The normalized spacial score (nSPS) is 14.4. The van der Waals surface area contributed by atoms with Gasteiger partial charge in [-0.15, -0.1) is 0 Å². The molecule has 0 atom stereocenters. The summed E-state index contributed by atoms with van der Waals surface area (Å²) in [5.41, 5.74) is -0.100. The van der Waals surface area contributed by atoms with Gasteiger partial charge < -0.3 is 14.4 Å². The van der Waals surface area contributed by atoms with Crippen molar-refractivity contribution in [2.45, 2.75) is 12.3 Å². The monoisotopic (exact) mass is 380 g/mol. The Morgan fingerprint density at radius 3 is 2.22 bits per heavy atom. The highest BCUT2D eigenvalue weighted by molar-refractivity contribution is 5.96. The molecule has 1 aliphatic rings. The van der Waals surface area contributed by atoms with Crippen molar-refractivity contribution in [2.24, 2.45) is 0 Å². The van der Waals surface area contributed by atoms with Gasteiger partial charge in [-0.25, -0.2) is 9.78 Å². The number of esters is 1. The minimum absolute atomic E-state index is 0.0718. The van der Waals surface area contributed by atoms with Crippen LogP contribution in [0.4, 0.5) is 13.2 Å². The number of likely N-dealkylation sites (tertiary alicyclic amines) is 1. The van der Waals surface area contributed by atoms with Crippen molar-refractivity contribution in [3.05, 3.63) is 59.3 Å². The number of amides is 1. The molecule has 0 spiro atoms. The van der Waals surface area contributed by atoms with Gasteiger partial charge in [-0.3, -0.25) is 4.79 Å². The zero-order valence-electron chi connectivity index (χ0n) is 14.2. The molecular weight excluding hydrogens is 365 g/mol. The van der Waals surface area contributed by atoms with E-state index in [-0.39, 0.29) is 17.9 Å². The highest BCUT2D eigenvalue weighted by atomic mass is 19.4. The van der Waals surface area contributed by atoms with Crippen molar-refractivity contribution in [3.63, 3.8) is 0 Å². The van der Waals surface area contributed by atoms with E-state index < -0.39 is 17.7 Å². The molecule has 1 aromatic carbocycles. The molecule has 0 saturated carbocycles. The quantitative estimate of drug-likeness (QED) is 0.763. The average Bonchev–Trinajstić information content (AvgIpc) is 2.63. The zero-order valence-corrected chi connectivity index (χ0v) is 14.2. The highest BCUT2D eigenvalue weighted by Crippen LogP contribution is 2.29. The molecule has 6 nitrogen and oxygen atoms in total. The van der Waals surface area contributed by atoms with Crippen LogP contribution in [0.15, 0.2) is 42.6 Å². The lowest BCUT2D eigenvalue weighted by Crippen LogP contribution is -2.56. The minimum Gasteiger partial charge on any atom is -0.471 e. The fourth-order valence-corrected chi connectivity index (χ4v) is 2.52. The van der Waals surface area contributed by atoms with Crippen LogP contribution in [0.25, 0.3) is 0 Å². The molecule has 0 unspecified atom stereocenters. The Bertz CT molecular complexity index is 829. The van der Waals surface area contributed by atoms with Crippen molar-refractivity contribution < 1.29 is 32.2 Å². The molecule has 1 fully saturated rings. The van der Waals surface area contributed by atoms with Crippen molar-refractivity contribution >= 4 is 11.9 Å². The predicted octanol–water partition coefficient (Wildman–Crippen LogP) is 2.79. The number of hydrogen-bond donors (Lipinski definition) is 0. The van der Waals surface area contributed by atoms with Gasteiger partial charge in [-0.2, -0.15) is 13.2 Å². The summed E-state index contributed by atoms with van der Waals surface area (Å²) in [5.74, 6) is -0.648. The van der Waals surface area contributed by atoms with Crippen molar-refractivity contribution in [2.75, 3.05) is 20.2 Å². The first-order valence-corrected chi connectivity index (χ1v) is 7.95. The number of benzene rings is 1. The van der Waals surface area contributed by atoms with Crippen LogP contribution < -0.4 is 4.74 Å². The van der Waals surface area contributed by atoms with Gasteiger partial charge in [-0.05, 0) is 30.3 Å². The zero-order chi connectivity index (χ0) is 19.6. The summed E-state index contributed by atoms with van der Waals surface area (Å²) in [6, 6.07) is 8.10. The van der Waals surface area contributed by atoms with Crippen molar-refractivity contribution in [1.29, 1.82) is 0 Å². The van der Waals surface area contributed by atoms with Gasteiger partial charge in [0, 0.05) is 17.8 Å². The fourth-order valence-electron chi connectivity index (χ4n) is 2.52. The Morgan fingerprint density at radius 2 is 1.70 bits per heavy atom. The first-order chi connectivity index (χ1) is 12.8. The number of pyridine rings is 1. The third-order valence-corrected chi connectivity index (χ3v) is 4.04. The maximum atomic E-state index is 12.5. The second-order valence-corrected chi connectivity index (χ2v) is 5.90. The molecule has 0 aliphatic carbocycles. The highest BCUT2D eigenvalue weighted by Gasteiger charge is 2.34. The Hall–Kier alpha value is -3.10. The number of carbonyl (C=O) groups excluding carboxylic acids is 2. The van der Waals surface area contributed by atoms with E-state index in [9.17, 15) is 22.8 Å². The van der Waals surface area contributed by atoms with Gasteiger partial charge in [0.25, 0.3) is 5.91 Å². The van der Waals surface area contributed by atoms with Crippen LogP contribution in [-0.2, 0) is 10.9 Å². The molecule has 1 saturated heterocycles. The van der Waals surface area contributed by atoms with Gasteiger partial charge in [0.2, 0.25) is 5.88 Å². The van der Waals surface area contributed by atoms with Crippen molar-refractivity contribution in [3.8, 4) is 5.88 Å². The van der Waals surface area contributed by atoms with Crippen LogP contribution >= 0.6 is 0 Å². The van der Waals surface area contributed by atoms with Gasteiger partial charge in [0.15, 0.2) is 0 Å². The van der Waals surface area contributed by atoms with Gasteiger partial charge in [-0.1, -0.05) is 0 Å². The summed E-state index contributed by atoms with van der Waals surface area (Å²) in [6.07, 6.45) is -4.08. The molecule has 9 heteroatoms. The van der Waals surface area contributed by atoms with Crippen molar-refractivity contribution in [1.82, 2.24) is 9.88 Å². The number of methoxy groups -OCH3 is 1. The minimum atomic E-state index is -4.45. The van der Waals surface area contributed by atoms with Crippen LogP contribution in [0.1, 0.15) is 26.3 Å². The Morgan fingerprint density at radius 1 is 1.07 bits per heavy atom. The topological polar surface area (TPSA) is 68.7 Å². The molecule has 0 bridgehead atoms. The number of aromatic nitrogens is 1. The Kier molecular flexibility index (Phi) is 5.02. The number of rotatable bonds is 4. The van der Waals surface area contributed by atoms with Crippen LogP contribution in [0.2, 0.25) is 0 Å². The maximum absolute atomic E-state index is 12.5. The Labute approximate surface area is 152 Å². The lowest BCUT2D eigenvalue weighted by molar-refractivity contribution is -0.137. The lowest BCUT2D eigenvalue weighted by atomic mass is 10.1. The standard InChI is InChI=1S/C18H15F3N2O4/c1-26-17(25)12-4-2-11(3-5-12)16(24)23-9-14(10-23)27-15-7-6-13(8-22-15)18(19,20)21/h2-8,14H,9-10H2,1H3. The van der Waals surface area contributed by atoms with E-state index in [0.717, 1.165) is 12.1 Å². The molecule has 1 aromatic heterocycles. The number of carbonyl (C=O) groups is 2. The summed E-state index contributed by atoms with van der Waals surface area (Å²) in [7, 11) is 1.27. The smallest absolute Gasteiger partial charge is 0.417 e. The number of nitrogens with zero attached hydrogens (tertiary/aromatic N) is 2. The largest absolute Gasteiger partial charge is 0.471 e.